The van der Waals surface area contributed by atoms with E-state index in [-0.39, 0.29) is 12.1 Å². The Balaban J connectivity index is 2.08. The lowest BCUT2D eigenvalue weighted by molar-refractivity contribution is -0.115. The Morgan fingerprint density at radius 2 is 1.65 bits per heavy atom. The predicted octanol–water partition coefficient (Wildman–Crippen LogP) is 3.57. The number of nitrogens with one attached hydrogen (secondary N) is 1. The predicted molar refractivity (Wildman–Crippen MR) is 72.3 cm³/mol. The summed E-state index contributed by atoms with van der Waals surface area (Å²) in [4.78, 5) is 12.5. The third kappa shape index (κ3) is 3.33. The lowest BCUT2D eigenvalue weighted by atomic mass is 10.1. The number of thiol groups is 1. The Bertz CT molecular complexity index is 644. The van der Waals surface area contributed by atoms with Crippen molar-refractivity contribution in [2.24, 2.45) is 0 Å². The summed E-state index contributed by atoms with van der Waals surface area (Å²) in [5, 5.41) is 2.20. The van der Waals surface area contributed by atoms with E-state index in [0.29, 0.717) is 5.56 Å². The first-order valence-corrected chi connectivity index (χ1v) is 6.13. The van der Waals surface area contributed by atoms with Gasteiger partial charge in [-0.25, -0.2) is 13.2 Å². The van der Waals surface area contributed by atoms with Crippen molar-refractivity contribution in [3.8, 4) is 0 Å². The largest absolute Gasteiger partial charge is 0.323 e. The number of carbonyl (C=O) groups is 1. The van der Waals surface area contributed by atoms with Crippen LogP contribution >= 0.6 is 12.6 Å². The summed E-state index contributed by atoms with van der Waals surface area (Å²) in [5.74, 6) is -4.85. The molecule has 0 spiro atoms. The van der Waals surface area contributed by atoms with Crippen LogP contribution in [0.1, 0.15) is 5.56 Å². The number of hydrogen-bond acceptors (Lipinski definition) is 2. The zero-order valence-electron chi connectivity index (χ0n) is 10.2. The molecule has 20 heavy (non-hydrogen) atoms. The van der Waals surface area contributed by atoms with Crippen LogP contribution in [0.2, 0.25) is 0 Å². The van der Waals surface area contributed by atoms with Crippen LogP contribution in [0.5, 0.6) is 0 Å². The fraction of sp³-hybridized carbons (Fsp3) is 0.0714. The van der Waals surface area contributed by atoms with Crippen molar-refractivity contribution in [3.05, 3.63) is 59.4 Å². The Kier molecular flexibility index (Phi) is 4.34. The second kappa shape index (κ2) is 6.00. The highest BCUT2D eigenvalue weighted by Crippen LogP contribution is 2.20. The van der Waals surface area contributed by atoms with Gasteiger partial charge in [0.05, 0.1) is 12.1 Å². The molecule has 0 atom stereocenters. The van der Waals surface area contributed by atoms with Crippen molar-refractivity contribution in [1.29, 1.82) is 0 Å². The summed E-state index contributed by atoms with van der Waals surface area (Å²) in [7, 11) is 0. The van der Waals surface area contributed by atoms with Gasteiger partial charge in [0.15, 0.2) is 17.5 Å². The number of hydrogen-bond donors (Lipinski definition) is 2. The van der Waals surface area contributed by atoms with Gasteiger partial charge in [-0.2, -0.15) is 0 Å². The average Bonchev–Trinajstić information content (AvgIpc) is 2.42. The molecule has 0 aliphatic rings. The first kappa shape index (κ1) is 14.5. The molecular weight excluding hydrogens is 287 g/mol. The molecule has 1 N–H and O–H groups in total. The van der Waals surface area contributed by atoms with Crippen molar-refractivity contribution in [1.82, 2.24) is 0 Å². The minimum absolute atomic E-state index is 0.00745. The summed E-state index contributed by atoms with van der Waals surface area (Å²) in [6.45, 7) is 0. The number of benzene rings is 2. The molecule has 0 aliphatic carbocycles. The maximum Gasteiger partial charge on any atom is 0.228 e. The van der Waals surface area contributed by atoms with Crippen molar-refractivity contribution >= 4 is 24.2 Å². The second-order valence-electron chi connectivity index (χ2n) is 4.11. The van der Waals surface area contributed by atoms with Crippen LogP contribution in [0.3, 0.4) is 0 Å². The van der Waals surface area contributed by atoms with Gasteiger partial charge in [0.2, 0.25) is 5.91 Å². The van der Waals surface area contributed by atoms with Gasteiger partial charge in [0, 0.05) is 4.90 Å². The molecule has 0 radical (unpaired) electrons. The Hall–Kier alpha value is -1.95. The van der Waals surface area contributed by atoms with Gasteiger partial charge in [0.1, 0.15) is 0 Å². The fourth-order valence-corrected chi connectivity index (χ4v) is 1.77. The topological polar surface area (TPSA) is 29.1 Å². The van der Waals surface area contributed by atoms with E-state index in [2.05, 4.69) is 17.9 Å². The van der Waals surface area contributed by atoms with Gasteiger partial charge in [-0.1, -0.05) is 12.1 Å². The Labute approximate surface area is 119 Å². The molecule has 0 aliphatic heterocycles. The van der Waals surface area contributed by atoms with Crippen molar-refractivity contribution < 1.29 is 18.0 Å². The Morgan fingerprint density at radius 1 is 1.00 bits per heavy atom. The molecule has 0 fully saturated rings. The van der Waals surface area contributed by atoms with Crippen LogP contribution in [0.25, 0.3) is 0 Å². The maximum absolute atomic E-state index is 13.4. The number of anilines is 1. The fourth-order valence-electron chi connectivity index (χ4n) is 1.62. The molecule has 0 bridgehead atoms. The van der Waals surface area contributed by atoms with Crippen molar-refractivity contribution in [2.45, 2.75) is 11.3 Å². The van der Waals surface area contributed by atoms with E-state index in [1.807, 2.05) is 0 Å². The minimum atomic E-state index is -1.61. The van der Waals surface area contributed by atoms with Crippen molar-refractivity contribution in [2.75, 3.05) is 5.32 Å². The normalized spacial score (nSPS) is 10.4. The molecular formula is C14H10F3NOS. The van der Waals surface area contributed by atoms with E-state index < -0.39 is 23.4 Å². The molecule has 0 heterocycles. The molecule has 6 heteroatoms. The lowest BCUT2D eigenvalue weighted by Gasteiger charge is -2.07. The molecule has 2 aromatic rings. The van der Waals surface area contributed by atoms with Gasteiger partial charge in [-0.3, -0.25) is 4.79 Å². The lowest BCUT2D eigenvalue weighted by Crippen LogP contribution is -2.16. The van der Waals surface area contributed by atoms with E-state index in [1.54, 1.807) is 24.3 Å². The molecule has 2 rings (SSSR count). The highest BCUT2D eigenvalue weighted by Gasteiger charge is 2.15. The van der Waals surface area contributed by atoms with E-state index in [0.717, 1.165) is 17.0 Å². The van der Waals surface area contributed by atoms with E-state index >= 15 is 0 Å². The van der Waals surface area contributed by atoms with Gasteiger partial charge in [-0.15, -0.1) is 12.6 Å². The smallest absolute Gasteiger partial charge is 0.228 e. The zero-order valence-corrected chi connectivity index (χ0v) is 11.1. The maximum atomic E-state index is 13.4. The van der Waals surface area contributed by atoms with E-state index in [4.69, 9.17) is 0 Å². The summed E-state index contributed by atoms with van der Waals surface area (Å²) in [6, 6.07) is 8.55. The monoisotopic (exact) mass is 297 g/mol. The SMILES string of the molecule is O=C(Cc1ccc(S)cc1)Nc1ccc(F)c(F)c1F. The van der Waals surface area contributed by atoms with Gasteiger partial charge in [-0.05, 0) is 29.8 Å². The van der Waals surface area contributed by atoms with Gasteiger partial charge < -0.3 is 5.32 Å². The Morgan fingerprint density at radius 3 is 2.30 bits per heavy atom. The zero-order chi connectivity index (χ0) is 14.7. The first-order chi connectivity index (χ1) is 9.47. The third-order valence-electron chi connectivity index (χ3n) is 2.61. The van der Waals surface area contributed by atoms with Gasteiger partial charge >= 0.3 is 0 Å². The number of carbonyl (C=O) groups excluding carboxylic acids is 1. The summed E-state index contributed by atoms with van der Waals surface area (Å²) in [6.07, 6.45) is -0.00745. The second-order valence-corrected chi connectivity index (χ2v) is 4.63. The van der Waals surface area contributed by atoms with Crippen LogP contribution in [0.15, 0.2) is 41.3 Å². The third-order valence-corrected chi connectivity index (χ3v) is 2.91. The number of rotatable bonds is 3. The van der Waals surface area contributed by atoms with Crippen LogP contribution in [0.4, 0.5) is 18.9 Å². The van der Waals surface area contributed by atoms with Crippen LogP contribution in [-0.2, 0) is 11.2 Å². The molecule has 0 saturated carbocycles. The highest BCUT2D eigenvalue weighted by molar-refractivity contribution is 7.80. The highest BCUT2D eigenvalue weighted by atomic mass is 32.1. The average molecular weight is 297 g/mol. The van der Waals surface area contributed by atoms with Crippen LogP contribution in [-0.4, -0.2) is 5.91 Å². The van der Waals surface area contributed by atoms with Crippen LogP contribution < -0.4 is 5.32 Å². The number of halogens is 3. The summed E-state index contributed by atoms with van der Waals surface area (Å²) in [5.41, 5.74) is 0.308. The quantitative estimate of drug-likeness (QED) is 0.658. The molecule has 2 nitrogen and oxygen atoms in total. The molecule has 0 aromatic heterocycles. The van der Waals surface area contributed by atoms with E-state index in [1.165, 1.54) is 0 Å². The first-order valence-electron chi connectivity index (χ1n) is 5.68. The standard InChI is InChI=1S/C14H10F3NOS/c15-10-5-6-11(14(17)13(10)16)18-12(19)7-8-1-3-9(20)4-2-8/h1-6,20H,7H2,(H,18,19). The molecule has 0 saturated heterocycles. The molecule has 0 unspecified atom stereocenters. The van der Waals surface area contributed by atoms with E-state index in [9.17, 15) is 18.0 Å². The van der Waals surface area contributed by atoms with Gasteiger partial charge in [0.25, 0.3) is 0 Å². The van der Waals surface area contributed by atoms with Crippen LogP contribution in [0, 0.1) is 17.5 Å². The molecule has 1 amide bonds. The minimum Gasteiger partial charge on any atom is -0.323 e. The van der Waals surface area contributed by atoms with Crippen molar-refractivity contribution in [3.63, 3.8) is 0 Å². The summed E-state index contributed by atoms with van der Waals surface area (Å²) < 4.78 is 39.1. The molecule has 104 valence electrons. The summed E-state index contributed by atoms with van der Waals surface area (Å²) >= 11 is 4.11. The molecule has 2 aromatic carbocycles. The number of amides is 1.